The third-order valence-electron chi connectivity index (χ3n) is 2.97. The molecule has 4 nitrogen and oxygen atoms in total. The Balaban J connectivity index is 2.40. The van der Waals surface area contributed by atoms with Crippen LogP contribution in [0.2, 0.25) is 0 Å². The van der Waals surface area contributed by atoms with E-state index >= 15 is 0 Å². The van der Waals surface area contributed by atoms with E-state index < -0.39 is 0 Å². The number of nitrogens with one attached hydrogen (secondary N) is 1. The number of aromatic hydroxyl groups is 1. The number of hydrazone groups is 1. The molecule has 0 spiro atoms. The summed E-state index contributed by atoms with van der Waals surface area (Å²) < 4.78 is 0. The number of hydrogen-bond acceptors (Lipinski definition) is 4. The van der Waals surface area contributed by atoms with Crippen LogP contribution >= 0.6 is 0 Å². The highest BCUT2D eigenvalue weighted by molar-refractivity contribution is 6.01. The van der Waals surface area contributed by atoms with Crippen LogP contribution in [0.25, 0.3) is 0 Å². The predicted octanol–water partition coefficient (Wildman–Crippen LogP) is 2.65. The lowest BCUT2D eigenvalue weighted by Crippen LogP contribution is -2.35. The smallest absolute Gasteiger partial charge is 0.145 e. The maximum atomic E-state index is 10.1. The first-order chi connectivity index (χ1) is 8.52. The van der Waals surface area contributed by atoms with E-state index in [0.717, 1.165) is 16.8 Å². The topological polar surface area (TPSA) is 47.9 Å². The van der Waals surface area contributed by atoms with Crippen molar-refractivity contribution >= 4 is 11.4 Å². The number of phenolic OH excluding ortho intramolecular Hbond substituents is 1. The normalized spacial score (nSPS) is 19.7. The molecule has 0 saturated carbocycles. The summed E-state index contributed by atoms with van der Waals surface area (Å²) in [6.45, 7) is 7.90. The Kier molecular flexibility index (Phi) is 3.39. The number of rotatable bonds is 2. The second-order valence-corrected chi connectivity index (χ2v) is 4.64. The van der Waals surface area contributed by atoms with Crippen LogP contribution in [0.3, 0.4) is 0 Å². The van der Waals surface area contributed by atoms with E-state index in [0.29, 0.717) is 5.69 Å². The quantitative estimate of drug-likeness (QED) is 0.842. The van der Waals surface area contributed by atoms with Crippen LogP contribution in [-0.4, -0.2) is 16.9 Å². The Morgan fingerprint density at radius 1 is 1.39 bits per heavy atom. The molecule has 0 bridgehead atoms. The number of hydrazine groups is 1. The SMILES string of the molecule is C/C=C\C1=NN(c2cc(C)cc(C)c2O)NC1C. The Bertz CT molecular complexity index is 520. The number of phenols is 1. The Morgan fingerprint density at radius 3 is 2.78 bits per heavy atom. The Labute approximate surface area is 108 Å². The number of nitrogens with zero attached hydrogens (tertiary/aromatic N) is 2. The van der Waals surface area contributed by atoms with Gasteiger partial charge in [0.1, 0.15) is 11.4 Å². The van der Waals surface area contributed by atoms with Crippen molar-refractivity contribution in [2.24, 2.45) is 5.10 Å². The van der Waals surface area contributed by atoms with Gasteiger partial charge in [-0.25, -0.2) is 5.43 Å². The summed E-state index contributed by atoms with van der Waals surface area (Å²) in [4.78, 5) is 0. The summed E-state index contributed by atoms with van der Waals surface area (Å²) in [6.07, 6.45) is 3.93. The lowest BCUT2D eigenvalue weighted by molar-refractivity contribution is 0.467. The van der Waals surface area contributed by atoms with Gasteiger partial charge in [-0.1, -0.05) is 12.1 Å². The van der Waals surface area contributed by atoms with Crippen LogP contribution < -0.4 is 10.5 Å². The van der Waals surface area contributed by atoms with E-state index in [1.54, 1.807) is 5.12 Å². The van der Waals surface area contributed by atoms with Gasteiger partial charge < -0.3 is 5.11 Å². The van der Waals surface area contributed by atoms with Crippen LogP contribution in [0.1, 0.15) is 25.0 Å². The van der Waals surface area contributed by atoms with Crippen LogP contribution in [0, 0.1) is 13.8 Å². The van der Waals surface area contributed by atoms with Crippen molar-refractivity contribution in [2.75, 3.05) is 5.12 Å². The van der Waals surface area contributed by atoms with E-state index in [1.165, 1.54) is 0 Å². The molecule has 96 valence electrons. The molecule has 0 fully saturated rings. The maximum absolute atomic E-state index is 10.1. The first-order valence-corrected chi connectivity index (χ1v) is 6.10. The van der Waals surface area contributed by atoms with Crippen LogP contribution in [0.5, 0.6) is 5.75 Å². The zero-order valence-corrected chi connectivity index (χ0v) is 11.2. The van der Waals surface area contributed by atoms with E-state index in [4.69, 9.17) is 0 Å². The van der Waals surface area contributed by atoms with Crippen molar-refractivity contribution in [3.05, 3.63) is 35.4 Å². The molecule has 0 amide bonds. The summed E-state index contributed by atoms with van der Waals surface area (Å²) in [5.41, 5.74) is 6.82. The second-order valence-electron chi connectivity index (χ2n) is 4.64. The molecule has 1 heterocycles. The fraction of sp³-hybridized carbons (Fsp3) is 0.357. The third-order valence-corrected chi connectivity index (χ3v) is 2.97. The molecule has 1 atom stereocenters. The first kappa shape index (κ1) is 12.6. The molecule has 0 saturated heterocycles. The molecule has 4 heteroatoms. The van der Waals surface area contributed by atoms with Crippen molar-refractivity contribution in [3.63, 3.8) is 0 Å². The highest BCUT2D eigenvalue weighted by atomic mass is 16.3. The number of benzene rings is 1. The number of hydrogen-bond donors (Lipinski definition) is 2. The number of aryl methyl sites for hydroxylation is 2. The highest BCUT2D eigenvalue weighted by Crippen LogP contribution is 2.32. The molecule has 1 aromatic rings. The average molecular weight is 245 g/mol. The average Bonchev–Trinajstić information content (AvgIpc) is 2.66. The molecular weight excluding hydrogens is 226 g/mol. The molecule has 18 heavy (non-hydrogen) atoms. The van der Waals surface area contributed by atoms with Crippen molar-refractivity contribution in [3.8, 4) is 5.75 Å². The highest BCUT2D eigenvalue weighted by Gasteiger charge is 2.23. The van der Waals surface area contributed by atoms with Crippen LogP contribution in [-0.2, 0) is 0 Å². The molecule has 1 aliphatic rings. The van der Waals surface area contributed by atoms with E-state index in [2.05, 4.69) is 10.5 Å². The summed E-state index contributed by atoms with van der Waals surface area (Å²) >= 11 is 0. The number of allylic oxidation sites excluding steroid dienone is 1. The van der Waals surface area contributed by atoms with Gasteiger partial charge in [0, 0.05) is 0 Å². The fourth-order valence-corrected chi connectivity index (χ4v) is 2.05. The van der Waals surface area contributed by atoms with Gasteiger partial charge in [-0.15, -0.1) is 0 Å². The molecular formula is C14H19N3O. The summed E-state index contributed by atoms with van der Waals surface area (Å²) in [6, 6.07) is 4.01. The van der Waals surface area contributed by atoms with Crippen molar-refractivity contribution < 1.29 is 5.11 Å². The minimum atomic E-state index is 0.140. The van der Waals surface area contributed by atoms with Gasteiger partial charge >= 0.3 is 0 Å². The second kappa shape index (κ2) is 4.82. The molecule has 0 radical (unpaired) electrons. The minimum Gasteiger partial charge on any atom is -0.505 e. The largest absolute Gasteiger partial charge is 0.505 e. The van der Waals surface area contributed by atoms with Crippen molar-refractivity contribution in [2.45, 2.75) is 33.7 Å². The predicted molar refractivity (Wildman–Crippen MR) is 74.9 cm³/mol. The van der Waals surface area contributed by atoms with E-state index in [-0.39, 0.29) is 11.8 Å². The summed E-state index contributed by atoms with van der Waals surface area (Å²) in [7, 11) is 0. The molecule has 0 aromatic heterocycles. The monoisotopic (exact) mass is 245 g/mol. The molecule has 1 unspecified atom stereocenters. The summed E-state index contributed by atoms with van der Waals surface area (Å²) in [5.74, 6) is 0.269. The Morgan fingerprint density at radius 2 is 2.11 bits per heavy atom. The van der Waals surface area contributed by atoms with Crippen molar-refractivity contribution in [1.29, 1.82) is 0 Å². The van der Waals surface area contributed by atoms with Gasteiger partial charge in [-0.3, -0.25) is 0 Å². The van der Waals surface area contributed by atoms with Gasteiger partial charge in [0.25, 0.3) is 0 Å². The molecule has 0 aliphatic carbocycles. The maximum Gasteiger partial charge on any atom is 0.145 e. The van der Waals surface area contributed by atoms with Gasteiger partial charge in [0.2, 0.25) is 0 Å². The number of anilines is 1. The lowest BCUT2D eigenvalue weighted by atomic mass is 10.1. The minimum absolute atomic E-state index is 0.140. The fourth-order valence-electron chi connectivity index (χ4n) is 2.05. The zero-order valence-electron chi connectivity index (χ0n) is 11.2. The molecule has 2 rings (SSSR count). The van der Waals surface area contributed by atoms with Gasteiger partial charge in [0.15, 0.2) is 0 Å². The Hall–Kier alpha value is -1.81. The van der Waals surface area contributed by atoms with Gasteiger partial charge in [-0.05, 0) is 51.0 Å². The zero-order chi connectivity index (χ0) is 13.3. The van der Waals surface area contributed by atoms with Crippen molar-refractivity contribution in [1.82, 2.24) is 5.43 Å². The van der Waals surface area contributed by atoms with E-state index in [1.807, 2.05) is 52.0 Å². The standard InChI is InChI=1S/C14H19N3O/c1-5-6-12-11(4)15-17(16-12)13-8-9(2)7-10(3)14(13)18/h5-8,11,15,18H,1-4H3/b6-5-. The van der Waals surface area contributed by atoms with Gasteiger partial charge in [-0.2, -0.15) is 10.2 Å². The third kappa shape index (κ3) is 2.24. The molecule has 1 aromatic carbocycles. The lowest BCUT2D eigenvalue weighted by Gasteiger charge is -2.18. The molecule has 1 aliphatic heterocycles. The van der Waals surface area contributed by atoms with Crippen LogP contribution in [0.15, 0.2) is 29.4 Å². The first-order valence-electron chi connectivity index (χ1n) is 6.10. The summed E-state index contributed by atoms with van der Waals surface area (Å²) in [5, 5.41) is 16.2. The van der Waals surface area contributed by atoms with Gasteiger partial charge in [0.05, 0.1) is 11.8 Å². The molecule has 2 N–H and O–H groups in total. The van der Waals surface area contributed by atoms with Crippen LogP contribution in [0.4, 0.5) is 5.69 Å². The van der Waals surface area contributed by atoms with E-state index in [9.17, 15) is 5.11 Å².